The molecule has 1 saturated heterocycles. The highest BCUT2D eigenvalue weighted by molar-refractivity contribution is 5.92. The molecule has 0 spiro atoms. The molecule has 0 unspecified atom stereocenters. The maximum Gasteiger partial charge on any atom is 0.243 e. The van der Waals surface area contributed by atoms with Crippen molar-refractivity contribution in [1.82, 2.24) is 25.5 Å². The number of hydrogen-bond donors (Lipinski definition) is 3. The maximum atomic E-state index is 13.1. The third-order valence-corrected chi connectivity index (χ3v) is 6.03. The van der Waals surface area contributed by atoms with Gasteiger partial charge in [-0.1, -0.05) is 26.0 Å². The van der Waals surface area contributed by atoms with Crippen molar-refractivity contribution in [2.75, 3.05) is 6.54 Å². The molecule has 1 aromatic heterocycles. The summed E-state index contributed by atoms with van der Waals surface area (Å²) in [6.07, 6.45) is 2.94. The van der Waals surface area contributed by atoms with E-state index in [9.17, 15) is 14.4 Å². The highest BCUT2D eigenvalue weighted by Gasteiger charge is 2.31. The lowest BCUT2D eigenvalue weighted by Crippen LogP contribution is -2.50. The standard InChI is InChI=1S/C24H35N5O3/c1-15(2)11-12-21(30)26-20(14-22(31)29-13-7-8-16(29)3)24(32)25-17(4)23-27-18-9-5-6-10-19(18)28-23/h5-6,9-10,15-17,20H,7-8,11-14H2,1-4H3,(H,25,32)(H,26,30)(H,27,28)/t16-,17+,20-/m0/s1. The van der Waals surface area contributed by atoms with Gasteiger partial charge in [-0.15, -0.1) is 0 Å². The third kappa shape index (κ3) is 6.08. The number of imidazole rings is 1. The second kappa shape index (κ2) is 10.6. The summed E-state index contributed by atoms with van der Waals surface area (Å²) in [7, 11) is 0. The largest absolute Gasteiger partial charge is 0.345 e. The quantitative estimate of drug-likeness (QED) is 0.556. The Morgan fingerprint density at radius 2 is 1.94 bits per heavy atom. The van der Waals surface area contributed by atoms with Gasteiger partial charge in [0.25, 0.3) is 0 Å². The molecule has 3 N–H and O–H groups in total. The van der Waals surface area contributed by atoms with E-state index in [-0.39, 0.29) is 30.2 Å². The number of benzene rings is 1. The molecular formula is C24H35N5O3. The van der Waals surface area contributed by atoms with Crippen LogP contribution in [0.5, 0.6) is 0 Å². The Morgan fingerprint density at radius 3 is 2.59 bits per heavy atom. The fourth-order valence-electron chi connectivity index (χ4n) is 4.05. The molecule has 32 heavy (non-hydrogen) atoms. The molecule has 0 bridgehead atoms. The first-order valence-electron chi connectivity index (χ1n) is 11.6. The van der Waals surface area contributed by atoms with Crippen LogP contribution >= 0.6 is 0 Å². The SMILES string of the molecule is CC(C)CCC(=O)N[C@@H](CC(=O)N1CCC[C@@H]1C)C(=O)N[C@H](C)c1nc2ccccc2[nH]1. The Kier molecular flexibility index (Phi) is 7.88. The topological polar surface area (TPSA) is 107 Å². The molecule has 3 amide bonds. The number of nitrogens with one attached hydrogen (secondary N) is 3. The fourth-order valence-corrected chi connectivity index (χ4v) is 4.05. The smallest absolute Gasteiger partial charge is 0.243 e. The lowest BCUT2D eigenvalue weighted by Gasteiger charge is -2.25. The molecule has 1 aliphatic rings. The van der Waals surface area contributed by atoms with Gasteiger partial charge in [0.2, 0.25) is 17.7 Å². The van der Waals surface area contributed by atoms with Gasteiger partial charge in [-0.2, -0.15) is 0 Å². The predicted molar refractivity (Wildman–Crippen MR) is 124 cm³/mol. The molecule has 1 aromatic carbocycles. The van der Waals surface area contributed by atoms with E-state index in [0.717, 1.165) is 30.3 Å². The summed E-state index contributed by atoms with van der Waals surface area (Å²) in [5.41, 5.74) is 1.71. The number of nitrogens with zero attached hydrogens (tertiary/aromatic N) is 2. The van der Waals surface area contributed by atoms with E-state index in [1.807, 2.05) is 56.9 Å². The summed E-state index contributed by atoms with van der Waals surface area (Å²) in [6.45, 7) is 8.64. The van der Waals surface area contributed by atoms with Crippen LogP contribution in [0.1, 0.15) is 71.7 Å². The number of aromatic nitrogens is 2. The van der Waals surface area contributed by atoms with Crippen LogP contribution in [0, 0.1) is 5.92 Å². The van der Waals surface area contributed by atoms with Crippen molar-refractivity contribution in [3.63, 3.8) is 0 Å². The molecular weight excluding hydrogens is 406 g/mol. The normalized spacial score (nSPS) is 18.0. The van der Waals surface area contributed by atoms with Crippen molar-refractivity contribution in [2.24, 2.45) is 5.92 Å². The summed E-state index contributed by atoms with van der Waals surface area (Å²) in [5.74, 6) is 0.321. The highest BCUT2D eigenvalue weighted by atomic mass is 16.2. The lowest BCUT2D eigenvalue weighted by atomic mass is 10.1. The Hall–Kier alpha value is -2.90. The number of amides is 3. The van der Waals surface area contributed by atoms with E-state index in [1.165, 1.54) is 0 Å². The van der Waals surface area contributed by atoms with Gasteiger partial charge >= 0.3 is 0 Å². The number of H-pyrrole nitrogens is 1. The first-order chi connectivity index (χ1) is 15.2. The Bertz CT molecular complexity index is 921. The average molecular weight is 442 g/mol. The summed E-state index contributed by atoms with van der Waals surface area (Å²) in [6, 6.07) is 6.50. The van der Waals surface area contributed by atoms with Crippen LogP contribution < -0.4 is 10.6 Å². The number of para-hydroxylation sites is 2. The molecule has 0 aliphatic carbocycles. The Labute approximate surface area is 189 Å². The van der Waals surface area contributed by atoms with Crippen molar-refractivity contribution in [1.29, 1.82) is 0 Å². The van der Waals surface area contributed by atoms with Crippen molar-refractivity contribution in [3.8, 4) is 0 Å². The molecule has 174 valence electrons. The summed E-state index contributed by atoms with van der Waals surface area (Å²) >= 11 is 0. The van der Waals surface area contributed by atoms with Crippen molar-refractivity contribution >= 4 is 28.8 Å². The minimum atomic E-state index is -0.915. The first-order valence-corrected chi connectivity index (χ1v) is 11.6. The van der Waals surface area contributed by atoms with Gasteiger partial charge in [-0.05, 0) is 51.2 Å². The van der Waals surface area contributed by atoms with Gasteiger partial charge in [0.1, 0.15) is 11.9 Å². The zero-order chi connectivity index (χ0) is 23.3. The average Bonchev–Trinajstić information content (AvgIpc) is 3.37. The molecule has 0 saturated carbocycles. The minimum Gasteiger partial charge on any atom is -0.345 e. The zero-order valence-corrected chi connectivity index (χ0v) is 19.5. The van der Waals surface area contributed by atoms with Crippen LogP contribution in [0.3, 0.4) is 0 Å². The van der Waals surface area contributed by atoms with E-state index < -0.39 is 12.1 Å². The van der Waals surface area contributed by atoms with Gasteiger partial charge in [0.15, 0.2) is 0 Å². The molecule has 2 aromatic rings. The second-order valence-electron chi connectivity index (χ2n) is 9.20. The van der Waals surface area contributed by atoms with Gasteiger partial charge in [-0.25, -0.2) is 4.98 Å². The second-order valence-corrected chi connectivity index (χ2v) is 9.20. The first kappa shape index (κ1) is 23.8. The minimum absolute atomic E-state index is 0.0452. The molecule has 2 heterocycles. The van der Waals surface area contributed by atoms with Crippen molar-refractivity contribution < 1.29 is 14.4 Å². The van der Waals surface area contributed by atoms with Gasteiger partial charge < -0.3 is 20.5 Å². The van der Waals surface area contributed by atoms with Crippen LogP contribution in [-0.2, 0) is 14.4 Å². The number of carbonyl (C=O) groups excluding carboxylic acids is 3. The summed E-state index contributed by atoms with van der Waals surface area (Å²) < 4.78 is 0. The van der Waals surface area contributed by atoms with Crippen LogP contribution in [0.2, 0.25) is 0 Å². The zero-order valence-electron chi connectivity index (χ0n) is 19.5. The highest BCUT2D eigenvalue weighted by Crippen LogP contribution is 2.19. The Balaban J connectivity index is 1.69. The molecule has 1 aliphatic heterocycles. The lowest BCUT2D eigenvalue weighted by molar-refractivity contribution is -0.137. The van der Waals surface area contributed by atoms with E-state index in [1.54, 1.807) is 0 Å². The molecule has 1 fully saturated rings. The van der Waals surface area contributed by atoms with Gasteiger partial charge in [-0.3, -0.25) is 14.4 Å². The molecule has 8 nitrogen and oxygen atoms in total. The Morgan fingerprint density at radius 1 is 1.19 bits per heavy atom. The van der Waals surface area contributed by atoms with E-state index in [0.29, 0.717) is 24.7 Å². The van der Waals surface area contributed by atoms with Crippen molar-refractivity contribution in [2.45, 2.75) is 77.9 Å². The predicted octanol–water partition coefficient (Wildman–Crippen LogP) is 3.06. The third-order valence-electron chi connectivity index (χ3n) is 6.03. The molecule has 3 atom stereocenters. The number of fused-ring (bicyclic) bond motifs is 1. The van der Waals surface area contributed by atoms with Crippen LogP contribution in [0.25, 0.3) is 11.0 Å². The molecule has 8 heteroatoms. The fraction of sp³-hybridized carbons (Fsp3) is 0.583. The number of aromatic amines is 1. The number of carbonyl (C=O) groups is 3. The van der Waals surface area contributed by atoms with Crippen LogP contribution in [0.4, 0.5) is 0 Å². The monoisotopic (exact) mass is 441 g/mol. The van der Waals surface area contributed by atoms with E-state index in [4.69, 9.17) is 0 Å². The van der Waals surface area contributed by atoms with Crippen LogP contribution in [-0.4, -0.2) is 51.2 Å². The molecule has 3 rings (SSSR count). The van der Waals surface area contributed by atoms with E-state index >= 15 is 0 Å². The summed E-state index contributed by atoms with van der Waals surface area (Å²) in [5, 5.41) is 5.71. The van der Waals surface area contributed by atoms with Crippen LogP contribution in [0.15, 0.2) is 24.3 Å². The number of likely N-dealkylation sites (tertiary alicyclic amines) is 1. The van der Waals surface area contributed by atoms with Gasteiger partial charge in [0.05, 0.1) is 23.5 Å². The van der Waals surface area contributed by atoms with E-state index in [2.05, 4.69) is 20.6 Å². The van der Waals surface area contributed by atoms with Gasteiger partial charge in [0, 0.05) is 19.0 Å². The number of rotatable bonds is 9. The van der Waals surface area contributed by atoms with Crippen molar-refractivity contribution in [3.05, 3.63) is 30.1 Å². The summed E-state index contributed by atoms with van der Waals surface area (Å²) in [4.78, 5) is 48.0. The maximum absolute atomic E-state index is 13.1. The molecule has 0 radical (unpaired) electrons. The number of hydrogen-bond acceptors (Lipinski definition) is 4.